The van der Waals surface area contributed by atoms with Crippen molar-refractivity contribution in [1.29, 1.82) is 0 Å². The predicted molar refractivity (Wildman–Crippen MR) is 74.9 cm³/mol. The maximum absolute atomic E-state index is 11.8. The molecule has 1 aromatic rings. The number of aliphatic carboxylic acids is 1. The van der Waals surface area contributed by atoms with Crippen molar-refractivity contribution in [2.75, 3.05) is 0 Å². The van der Waals surface area contributed by atoms with Gasteiger partial charge in [-0.05, 0) is 12.1 Å². The van der Waals surface area contributed by atoms with Gasteiger partial charge in [-0.25, -0.2) is 4.79 Å². The minimum atomic E-state index is -1.16. The molecular weight excluding hydrogens is 295 g/mol. The summed E-state index contributed by atoms with van der Waals surface area (Å²) < 4.78 is 9.95. The third kappa shape index (κ3) is 4.01. The van der Waals surface area contributed by atoms with E-state index in [1.54, 1.807) is 30.3 Å². The molecule has 2 rings (SSSR count). The molecule has 1 saturated heterocycles. The van der Waals surface area contributed by atoms with Crippen molar-refractivity contribution in [1.82, 2.24) is 0 Å². The first-order valence-electron chi connectivity index (χ1n) is 6.06. The molecule has 1 heterocycles. The fourth-order valence-electron chi connectivity index (χ4n) is 1.69. The van der Waals surface area contributed by atoms with Crippen LogP contribution in [0.1, 0.15) is 16.8 Å². The molecule has 2 radical (unpaired) electrons. The van der Waals surface area contributed by atoms with Crippen LogP contribution < -0.4 is 0 Å². The fourth-order valence-corrected chi connectivity index (χ4v) is 2.78. The summed E-state index contributed by atoms with van der Waals surface area (Å²) in [6, 6.07) is 7.07. The van der Waals surface area contributed by atoms with E-state index in [0.29, 0.717) is 5.56 Å². The Morgan fingerprint density at radius 3 is 2.67 bits per heavy atom. The van der Waals surface area contributed by atoms with Gasteiger partial charge < -0.3 is 14.6 Å². The van der Waals surface area contributed by atoms with Crippen LogP contribution >= 0.6 is 11.8 Å². The molecule has 8 heteroatoms. The second kappa shape index (κ2) is 6.67. The first-order chi connectivity index (χ1) is 9.97. The van der Waals surface area contributed by atoms with Crippen molar-refractivity contribution in [3.63, 3.8) is 0 Å². The zero-order valence-corrected chi connectivity index (χ0v) is 11.6. The van der Waals surface area contributed by atoms with E-state index in [1.165, 1.54) is 0 Å². The van der Waals surface area contributed by atoms with Gasteiger partial charge >= 0.3 is 17.9 Å². The summed E-state index contributed by atoms with van der Waals surface area (Å²) in [5, 5.41) is 7.83. The summed E-state index contributed by atoms with van der Waals surface area (Å²) in [6.45, 7) is 0. The average Bonchev–Trinajstić information content (AvgIpc) is 2.80. The number of carbonyl (C=O) groups excluding carboxylic acids is 2. The molecule has 0 spiro atoms. The smallest absolute Gasteiger partial charge is 0.337 e. The lowest BCUT2D eigenvalue weighted by atomic mass is 10.0. The van der Waals surface area contributed by atoms with Crippen LogP contribution in [-0.2, 0) is 19.1 Å². The summed E-state index contributed by atoms with van der Waals surface area (Å²) in [4.78, 5) is 33.9. The molecule has 0 aliphatic carbocycles. The topological polar surface area (TPSA) is 89.9 Å². The number of rotatable bonds is 5. The van der Waals surface area contributed by atoms with Crippen LogP contribution in [0.4, 0.5) is 0 Å². The summed E-state index contributed by atoms with van der Waals surface area (Å²) >= 11 is 0.938. The number of carboxylic acid groups (broad SMARTS) is 1. The molecular formula is C13H11BO6S. The molecule has 2 unspecified atom stereocenters. The Morgan fingerprint density at radius 2 is 2.05 bits per heavy atom. The molecule has 3 atom stereocenters. The number of hydrogen-bond acceptors (Lipinski definition) is 6. The van der Waals surface area contributed by atoms with E-state index in [2.05, 4.69) is 0 Å². The summed E-state index contributed by atoms with van der Waals surface area (Å²) in [6.07, 6.45) is -0.362. The summed E-state index contributed by atoms with van der Waals surface area (Å²) in [5.74, 6) is -2.42. The Hall–Kier alpha value is -1.96. The van der Waals surface area contributed by atoms with E-state index in [1.807, 2.05) is 0 Å². The SMILES string of the molecule is [B][C@H](OC(=O)c1ccccc1)C1OC(=O)C(CC(=O)O)S1. The minimum Gasteiger partial charge on any atom is -0.481 e. The monoisotopic (exact) mass is 306 g/mol. The quantitative estimate of drug-likeness (QED) is 0.635. The van der Waals surface area contributed by atoms with Gasteiger partial charge in [0.25, 0.3) is 0 Å². The number of thioether (sulfide) groups is 1. The third-order valence-corrected chi connectivity index (χ3v) is 3.99. The molecule has 21 heavy (non-hydrogen) atoms. The second-order valence-corrected chi connectivity index (χ2v) is 5.57. The van der Waals surface area contributed by atoms with Crippen molar-refractivity contribution in [3.05, 3.63) is 35.9 Å². The van der Waals surface area contributed by atoms with Crippen molar-refractivity contribution >= 4 is 37.5 Å². The molecule has 1 fully saturated rings. The van der Waals surface area contributed by atoms with Crippen LogP contribution in [0.15, 0.2) is 30.3 Å². The standard InChI is InChI=1S/C13H11BO6S/c14-10(19-11(17)7-4-2-1-3-5-7)13-20-12(18)8(21-13)6-9(15)16/h1-5,8,10,13H,6H2,(H,15,16)/t8?,10-,13?/m1/s1. The Balaban J connectivity index is 1.92. The lowest BCUT2D eigenvalue weighted by molar-refractivity contribution is -0.147. The maximum atomic E-state index is 11.8. The zero-order chi connectivity index (χ0) is 15.4. The van der Waals surface area contributed by atoms with Crippen LogP contribution in [0.5, 0.6) is 0 Å². The van der Waals surface area contributed by atoms with E-state index in [9.17, 15) is 14.4 Å². The number of carboxylic acids is 1. The third-order valence-electron chi connectivity index (χ3n) is 2.67. The largest absolute Gasteiger partial charge is 0.481 e. The second-order valence-electron chi connectivity index (χ2n) is 4.26. The Morgan fingerprint density at radius 1 is 1.38 bits per heavy atom. The molecule has 0 amide bonds. The Kier molecular flexibility index (Phi) is 4.90. The highest BCUT2D eigenvalue weighted by Crippen LogP contribution is 2.33. The van der Waals surface area contributed by atoms with Crippen molar-refractivity contribution < 1.29 is 29.0 Å². The highest BCUT2D eigenvalue weighted by molar-refractivity contribution is 8.01. The van der Waals surface area contributed by atoms with E-state index in [4.69, 9.17) is 22.4 Å². The van der Waals surface area contributed by atoms with Crippen molar-refractivity contribution in [2.45, 2.75) is 23.1 Å². The molecule has 1 aliphatic heterocycles. The summed E-state index contributed by atoms with van der Waals surface area (Å²) in [7, 11) is 5.68. The normalized spacial score (nSPS) is 22.4. The maximum Gasteiger partial charge on any atom is 0.337 e. The van der Waals surface area contributed by atoms with Gasteiger partial charge in [0.15, 0.2) is 5.44 Å². The number of hydrogen-bond donors (Lipinski definition) is 1. The fraction of sp³-hybridized carbons (Fsp3) is 0.308. The molecule has 6 nitrogen and oxygen atoms in total. The first-order valence-corrected chi connectivity index (χ1v) is 7.01. The first kappa shape index (κ1) is 15.4. The van der Waals surface area contributed by atoms with Crippen LogP contribution in [0, 0.1) is 0 Å². The number of ether oxygens (including phenoxy) is 2. The number of benzene rings is 1. The van der Waals surface area contributed by atoms with E-state index >= 15 is 0 Å². The number of cyclic esters (lactones) is 1. The van der Waals surface area contributed by atoms with Crippen molar-refractivity contribution in [2.24, 2.45) is 0 Å². The zero-order valence-electron chi connectivity index (χ0n) is 10.8. The highest BCUT2D eigenvalue weighted by Gasteiger charge is 2.40. The van der Waals surface area contributed by atoms with Gasteiger partial charge in [-0.15, -0.1) is 0 Å². The van der Waals surface area contributed by atoms with Gasteiger partial charge in [-0.2, -0.15) is 0 Å². The number of carbonyl (C=O) groups is 3. The van der Waals surface area contributed by atoms with Crippen LogP contribution in [0.3, 0.4) is 0 Å². The van der Waals surface area contributed by atoms with Gasteiger partial charge in [0.2, 0.25) is 0 Å². The molecule has 0 aromatic heterocycles. The van der Waals surface area contributed by atoms with Crippen LogP contribution in [0.25, 0.3) is 0 Å². The van der Waals surface area contributed by atoms with E-state index in [0.717, 1.165) is 11.8 Å². The highest BCUT2D eigenvalue weighted by atomic mass is 32.2. The lowest BCUT2D eigenvalue weighted by Crippen LogP contribution is -2.29. The Labute approximate surface area is 126 Å². The predicted octanol–water partition coefficient (Wildman–Crippen LogP) is 0.797. The van der Waals surface area contributed by atoms with Gasteiger partial charge in [-0.1, -0.05) is 30.0 Å². The molecule has 0 bridgehead atoms. The van der Waals surface area contributed by atoms with Crippen LogP contribution in [0.2, 0.25) is 0 Å². The van der Waals surface area contributed by atoms with Crippen molar-refractivity contribution in [3.8, 4) is 0 Å². The van der Waals surface area contributed by atoms with E-state index < -0.39 is 34.6 Å². The molecule has 108 valence electrons. The van der Waals surface area contributed by atoms with Gasteiger partial charge in [0, 0.05) is 0 Å². The summed E-state index contributed by atoms with van der Waals surface area (Å²) in [5.41, 5.74) is -0.584. The molecule has 0 saturated carbocycles. The van der Waals surface area contributed by atoms with Gasteiger partial charge in [0.1, 0.15) is 19.1 Å². The molecule has 1 aromatic carbocycles. The molecule has 1 N–H and O–H groups in total. The van der Waals surface area contributed by atoms with Gasteiger partial charge in [0.05, 0.1) is 12.0 Å². The Bertz CT molecular complexity index is 549. The average molecular weight is 306 g/mol. The van der Waals surface area contributed by atoms with Crippen LogP contribution in [-0.4, -0.2) is 47.5 Å². The van der Waals surface area contributed by atoms with E-state index in [-0.39, 0.29) is 6.42 Å². The van der Waals surface area contributed by atoms with Gasteiger partial charge in [-0.3, -0.25) is 9.59 Å². The molecule has 1 aliphatic rings. The number of esters is 2. The minimum absolute atomic E-state index is 0.323. The lowest BCUT2D eigenvalue weighted by Gasteiger charge is -2.18.